The first-order chi connectivity index (χ1) is 9.11. The first-order valence-corrected chi connectivity index (χ1v) is 5.74. The summed E-state index contributed by atoms with van der Waals surface area (Å²) in [5.74, 6) is 0.368. The fourth-order valence-corrected chi connectivity index (χ4v) is 1.61. The van der Waals surface area contributed by atoms with Crippen LogP contribution < -0.4 is 15.8 Å². The number of nitrogens with two attached hydrogens (primary N) is 1. The number of nitrogens with one attached hydrogen (secondary N) is 1. The van der Waals surface area contributed by atoms with E-state index >= 15 is 0 Å². The number of ether oxygens (including phenoxy) is 1. The molecule has 0 aliphatic carbocycles. The van der Waals surface area contributed by atoms with Gasteiger partial charge in [0.2, 0.25) is 0 Å². The number of hydrogen-bond acceptors (Lipinski definition) is 5. The third kappa shape index (κ3) is 2.94. The lowest BCUT2D eigenvalue weighted by Crippen LogP contribution is -2.15. The van der Waals surface area contributed by atoms with Crippen LogP contribution in [0.5, 0.6) is 5.75 Å². The largest absolute Gasteiger partial charge is 0.497 e. The first-order valence-electron chi connectivity index (χ1n) is 5.33. The molecule has 98 valence electrons. The van der Waals surface area contributed by atoms with Gasteiger partial charge >= 0.3 is 0 Å². The second kappa shape index (κ2) is 5.57. The molecule has 0 amide bonds. The van der Waals surface area contributed by atoms with E-state index in [-0.39, 0.29) is 10.7 Å². The highest BCUT2D eigenvalue weighted by molar-refractivity contribution is 7.80. The van der Waals surface area contributed by atoms with E-state index in [4.69, 9.17) is 22.7 Å². The molecule has 0 spiro atoms. The standard InChI is InChI=1S/C12H11FN4OS/c1-18-7-2-3-8(13)9(6-7)17-12-10(11(14)19)15-4-5-16-12/h2-6H,1H3,(H2,14,19)(H,16,17). The quantitative estimate of drug-likeness (QED) is 0.833. The number of rotatable bonds is 4. The van der Waals surface area contributed by atoms with Gasteiger partial charge < -0.3 is 15.8 Å². The van der Waals surface area contributed by atoms with Gasteiger partial charge in [0, 0.05) is 18.5 Å². The number of thiocarbonyl (C=S) groups is 1. The lowest BCUT2D eigenvalue weighted by Gasteiger charge is -2.10. The van der Waals surface area contributed by atoms with Crippen LogP contribution in [0.2, 0.25) is 0 Å². The normalized spacial score (nSPS) is 10.0. The maximum atomic E-state index is 13.7. The maximum absolute atomic E-state index is 13.7. The van der Waals surface area contributed by atoms with Crippen molar-refractivity contribution >= 4 is 28.7 Å². The summed E-state index contributed by atoms with van der Waals surface area (Å²) in [7, 11) is 1.50. The third-order valence-electron chi connectivity index (χ3n) is 2.36. The van der Waals surface area contributed by atoms with Crippen LogP contribution in [0.1, 0.15) is 5.69 Å². The SMILES string of the molecule is COc1ccc(F)c(Nc2nccnc2C(N)=S)c1. The van der Waals surface area contributed by atoms with E-state index in [1.54, 1.807) is 0 Å². The summed E-state index contributed by atoms with van der Waals surface area (Å²) < 4.78 is 18.7. The smallest absolute Gasteiger partial charge is 0.159 e. The topological polar surface area (TPSA) is 73.1 Å². The highest BCUT2D eigenvalue weighted by atomic mass is 32.1. The molecule has 7 heteroatoms. The molecule has 0 aliphatic heterocycles. The van der Waals surface area contributed by atoms with Crippen LogP contribution in [-0.4, -0.2) is 22.1 Å². The lowest BCUT2D eigenvalue weighted by molar-refractivity contribution is 0.414. The summed E-state index contributed by atoms with van der Waals surface area (Å²) in [6.07, 6.45) is 2.92. The molecule has 2 aromatic rings. The third-order valence-corrected chi connectivity index (χ3v) is 2.55. The second-order valence-electron chi connectivity index (χ2n) is 3.59. The zero-order chi connectivity index (χ0) is 13.8. The average Bonchev–Trinajstić information content (AvgIpc) is 2.41. The minimum absolute atomic E-state index is 0.0823. The number of benzene rings is 1. The molecular weight excluding hydrogens is 267 g/mol. The van der Waals surface area contributed by atoms with Crippen LogP contribution in [0.25, 0.3) is 0 Å². The van der Waals surface area contributed by atoms with Crippen molar-refractivity contribution in [3.05, 3.63) is 42.1 Å². The van der Waals surface area contributed by atoms with Crippen LogP contribution in [-0.2, 0) is 0 Å². The Morgan fingerprint density at radius 1 is 1.37 bits per heavy atom. The second-order valence-corrected chi connectivity index (χ2v) is 4.03. The predicted octanol–water partition coefficient (Wildman–Crippen LogP) is 2.00. The molecule has 0 saturated carbocycles. The highest BCUT2D eigenvalue weighted by Gasteiger charge is 2.11. The van der Waals surface area contributed by atoms with Crippen LogP contribution in [0.3, 0.4) is 0 Å². The summed E-state index contributed by atoms with van der Waals surface area (Å²) in [6, 6.07) is 4.32. The molecule has 0 saturated heterocycles. The number of anilines is 2. The Bertz CT molecular complexity index is 620. The maximum Gasteiger partial charge on any atom is 0.159 e. The minimum atomic E-state index is -0.444. The van der Waals surface area contributed by atoms with Crippen molar-refractivity contribution in [1.82, 2.24) is 9.97 Å². The van der Waals surface area contributed by atoms with Crippen LogP contribution in [0.15, 0.2) is 30.6 Å². The molecule has 2 rings (SSSR count). The summed E-state index contributed by atoms with van der Waals surface area (Å²) in [6.45, 7) is 0. The molecule has 0 unspecified atom stereocenters. The zero-order valence-corrected chi connectivity index (χ0v) is 10.9. The molecule has 0 fully saturated rings. The van der Waals surface area contributed by atoms with Gasteiger partial charge in [-0.3, -0.25) is 0 Å². The molecule has 0 aliphatic rings. The molecule has 5 nitrogen and oxygen atoms in total. The Balaban J connectivity index is 2.38. The molecule has 1 aromatic heterocycles. The lowest BCUT2D eigenvalue weighted by atomic mass is 10.2. The number of hydrogen-bond donors (Lipinski definition) is 2. The van der Waals surface area contributed by atoms with Crippen LogP contribution >= 0.6 is 12.2 Å². The average molecular weight is 278 g/mol. The van der Waals surface area contributed by atoms with Gasteiger partial charge in [0.15, 0.2) is 5.82 Å². The molecule has 0 radical (unpaired) electrons. The van der Waals surface area contributed by atoms with E-state index in [0.717, 1.165) is 0 Å². The fourth-order valence-electron chi connectivity index (χ4n) is 1.46. The first kappa shape index (κ1) is 13.2. The Morgan fingerprint density at radius 3 is 2.79 bits per heavy atom. The van der Waals surface area contributed by atoms with Crippen molar-refractivity contribution in [1.29, 1.82) is 0 Å². The van der Waals surface area contributed by atoms with Crippen molar-refractivity contribution in [2.45, 2.75) is 0 Å². The van der Waals surface area contributed by atoms with Gasteiger partial charge in [0.05, 0.1) is 12.8 Å². The van der Waals surface area contributed by atoms with E-state index in [1.807, 2.05) is 0 Å². The number of methoxy groups -OCH3 is 1. The summed E-state index contributed by atoms with van der Waals surface area (Å²) in [4.78, 5) is 8.13. The fraction of sp³-hybridized carbons (Fsp3) is 0.0833. The van der Waals surface area contributed by atoms with Gasteiger partial charge in [0.25, 0.3) is 0 Å². The monoisotopic (exact) mass is 278 g/mol. The minimum Gasteiger partial charge on any atom is -0.497 e. The van der Waals surface area contributed by atoms with Crippen LogP contribution in [0, 0.1) is 5.82 Å². The molecule has 0 atom stereocenters. The number of halogens is 1. The van der Waals surface area contributed by atoms with E-state index in [0.29, 0.717) is 17.3 Å². The molecule has 1 heterocycles. The molecule has 1 aromatic carbocycles. The van der Waals surface area contributed by atoms with E-state index < -0.39 is 5.82 Å². The van der Waals surface area contributed by atoms with E-state index in [2.05, 4.69) is 15.3 Å². The van der Waals surface area contributed by atoms with E-state index in [9.17, 15) is 4.39 Å². The van der Waals surface area contributed by atoms with E-state index in [1.165, 1.54) is 37.7 Å². The van der Waals surface area contributed by atoms with Crippen molar-refractivity contribution in [3.63, 3.8) is 0 Å². The summed E-state index contributed by atoms with van der Waals surface area (Å²) in [5.41, 5.74) is 6.04. The molecule has 19 heavy (non-hydrogen) atoms. The van der Waals surface area contributed by atoms with Crippen LogP contribution in [0.4, 0.5) is 15.9 Å². The molecular formula is C12H11FN4OS. The van der Waals surface area contributed by atoms with Gasteiger partial charge in [0.1, 0.15) is 22.2 Å². The molecule has 3 N–H and O–H groups in total. The van der Waals surface area contributed by atoms with Crippen molar-refractivity contribution < 1.29 is 9.13 Å². The zero-order valence-electron chi connectivity index (χ0n) is 10.1. The summed E-state index contributed by atoms with van der Waals surface area (Å²) in [5, 5.41) is 2.80. The highest BCUT2D eigenvalue weighted by Crippen LogP contribution is 2.24. The van der Waals surface area contributed by atoms with Crippen molar-refractivity contribution in [2.24, 2.45) is 5.73 Å². The van der Waals surface area contributed by atoms with Gasteiger partial charge in [-0.15, -0.1) is 0 Å². The number of nitrogens with zero attached hydrogens (tertiary/aromatic N) is 2. The predicted molar refractivity (Wildman–Crippen MR) is 74.2 cm³/mol. The van der Waals surface area contributed by atoms with Crippen molar-refractivity contribution in [3.8, 4) is 5.75 Å². The van der Waals surface area contributed by atoms with Gasteiger partial charge in [-0.25, -0.2) is 14.4 Å². The Kier molecular flexibility index (Phi) is 3.86. The Labute approximate surface area is 114 Å². The van der Waals surface area contributed by atoms with Gasteiger partial charge in [-0.05, 0) is 12.1 Å². The Hall–Kier alpha value is -2.28. The van der Waals surface area contributed by atoms with Gasteiger partial charge in [-0.1, -0.05) is 12.2 Å². The van der Waals surface area contributed by atoms with Crippen molar-refractivity contribution in [2.75, 3.05) is 12.4 Å². The summed E-state index contributed by atoms with van der Waals surface area (Å²) >= 11 is 4.86. The van der Waals surface area contributed by atoms with Gasteiger partial charge in [-0.2, -0.15) is 0 Å². The Morgan fingerprint density at radius 2 is 2.11 bits per heavy atom. The molecule has 0 bridgehead atoms. The number of aromatic nitrogens is 2.